The topological polar surface area (TPSA) is 98.2 Å². The van der Waals surface area contributed by atoms with Crippen LogP contribution in [-0.2, 0) is 10.0 Å². The average Bonchev–Trinajstić information content (AvgIpc) is 2.72. The lowest BCUT2D eigenvalue weighted by atomic mass is 10.1. The minimum atomic E-state index is -3.69. The molecule has 0 spiro atoms. The number of nitrogens with one attached hydrogen (secondary N) is 1. The van der Waals surface area contributed by atoms with Crippen molar-refractivity contribution in [3.63, 3.8) is 0 Å². The molecule has 2 unspecified atom stereocenters. The van der Waals surface area contributed by atoms with Crippen LogP contribution in [0.25, 0.3) is 0 Å². The van der Waals surface area contributed by atoms with Gasteiger partial charge >= 0.3 is 0 Å². The highest BCUT2D eigenvalue weighted by molar-refractivity contribution is 7.89. The fourth-order valence-electron chi connectivity index (χ4n) is 2.64. The van der Waals surface area contributed by atoms with Crippen molar-refractivity contribution in [1.82, 2.24) is 0 Å². The van der Waals surface area contributed by atoms with Gasteiger partial charge in [0.15, 0.2) is 0 Å². The molecular weight excluding hydrogens is 262 g/mol. The number of hydrogen-bond acceptors (Lipinski definition) is 4. The molecule has 0 radical (unpaired) electrons. The lowest BCUT2D eigenvalue weighted by molar-refractivity contribution is 0.537. The zero-order valence-electron chi connectivity index (χ0n) is 11.1. The summed E-state index contributed by atoms with van der Waals surface area (Å²) >= 11 is 0. The fourth-order valence-corrected chi connectivity index (χ4v) is 3.19. The molecule has 0 amide bonds. The molecule has 0 bridgehead atoms. The van der Waals surface area contributed by atoms with Gasteiger partial charge in [0.2, 0.25) is 10.0 Å². The predicted octanol–water partition coefficient (Wildman–Crippen LogP) is 1.76. The summed E-state index contributed by atoms with van der Waals surface area (Å²) in [6.07, 6.45) is 3.76. The summed E-state index contributed by atoms with van der Waals surface area (Å²) in [6, 6.07) is 4.55. The van der Waals surface area contributed by atoms with Crippen molar-refractivity contribution in [1.29, 1.82) is 0 Å². The van der Waals surface area contributed by atoms with Crippen LogP contribution in [0.5, 0.6) is 0 Å². The first-order chi connectivity index (χ1) is 8.86. The van der Waals surface area contributed by atoms with Crippen molar-refractivity contribution >= 4 is 21.4 Å². The van der Waals surface area contributed by atoms with E-state index in [1.807, 2.05) is 0 Å². The molecule has 5 N–H and O–H groups in total. The van der Waals surface area contributed by atoms with Gasteiger partial charge in [-0.15, -0.1) is 0 Å². The maximum atomic E-state index is 11.2. The summed E-state index contributed by atoms with van der Waals surface area (Å²) in [4.78, 5) is 0.0463. The van der Waals surface area contributed by atoms with E-state index >= 15 is 0 Å². The molecule has 1 aromatic carbocycles. The second-order valence-corrected chi connectivity index (χ2v) is 7.02. The number of nitrogen functional groups attached to an aromatic ring is 1. The zero-order valence-corrected chi connectivity index (χ0v) is 11.9. The SMILES string of the molecule is CC1CCC(CNc2ccc(S(N)(=O)=O)cc2N)C1. The Balaban J connectivity index is 2.02. The highest BCUT2D eigenvalue weighted by Gasteiger charge is 2.21. The molecule has 6 heteroatoms. The Hall–Kier alpha value is -1.27. The largest absolute Gasteiger partial charge is 0.397 e. The normalized spacial score (nSPS) is 23.5. The summed E-state index contributed by atoms with van der Waals surface area (Å²) in [6.45, 7) is 3.15. The van der Waals surface area contributed by atoms with Crippen molar-refractivity contribution in [3.8, 4) is 0 Å². The Morgan fingerprint density at radius 1 is 1.37 bits per heavy atom. The van der Waals surface area contributed by atoms with E-state index in [0.717, 1.165) is 18.2 Å². The van der Waals surface area contributed by atoms with Gasteiger partial charge in [0.25, 0.3) is 0 Å². The molecule has 0 aromatic heterocycles. The van der Waals surface area contributed by atoms with Crippen LogP contribution in [0.1, 0.15) is 26.2 Å². The highest BCUT2D eigenvalue weighted by Crippen LogP contribution is 2.31. The van der Waals surface area contributed by atoms with E-state index in [-0.39, 0.29) is 4.90 Å². The standard InChI is InChI=1S/C13H21N3O2S/c1-9-2-3-10(6-9)8-16-13-5-4-11(7-12(13)14)19(15,17)18/h4-5,7,9-10,16H,2-3,6,8,14H2,1H3,(H2,15,17,18). The van der Waals surface area contributed by atoms with Crippen LogP contribution >= 0.6 is 0 Å². The quantitative estimate of drug-likeness (QED) is 0.733. The number of sulfonamides is 1. The molecule has 1 aromatic rings. The van der Waals surface area contributed by atoms with Gasteiger partial charge in [-0.05, 0) is 42.9 Å². The van der Waals surface area contributed by atoms with Gasteiger partial charge in [-0.1, -0.05) is 13.3 Å². The highest BCUT2D eigenvalue weighted by atomic mass is 32.2. The van der Waals surface area contributed by atoms with Gasteiger partial charge in [-0.2, -0.15) is 0 Å². The fraction of sp³-hybridized carbons (Fsp3) is 0.538. The van der Waals surface area contributed by atoms with E-state index in [2.05, 4.69) is 12.2 Å². The summed E-state index contributed by atoms with van der Waals surface area (Å²) in [7, 11) is -3.69. The summed E-state index contributed by atoms with van der Waals surface area (Å²) in [5.41, 5.74) is 7.03. The molecule has 106 valence electrons. The molecule has 0 aliphatic heterocycles. The smallest absolute Gasteiger partial charge is 0.238 e. The Morgan fingerprint density at radius 2 is 2.11 bits per heavy atom. The van der Waals surface area contributed by atoms with Crippen LogP contribution in [0.3, 0.4) is 0 Å². The molecule has 0 saturated heterocycles. The molecule has 5 nitrogen and oxygen atoms in total. The Bertz CT molecular complexity index is 557. The minimum Gasteiger partial charge on any atom is -0.397 e. The Labute approximate surface area is 114 Å². The van der Waals surface area contributed by atoms with E-state index in [1.54, 1.807) is 6.07 Å². The summed E-state index contributed by atoms with van der Waals surface area (Å²) in [5.74, 6) is 1.47. The van der Waals surface area contributed by atoms with E-state index in [9.17, 15) is 8.42 Å². The van der Waals surface area contributed by atoms with Gasteiger partial charge in [0, 0.05) is 6.54 Å². The van der Waals surface area contributed by atoms with Gasteiger partial charge in [-0.3, -0.25) is 0 Å². The number of primary sulfonamides is 1. The molecule has 1 aliphatic carbocycles. The molecular formula is C13H21N3O2S. The lowest BCUT2D eigenvalue weighted by Crippen LogP contribution is -2.15. The van der Waals surface area contributed by atoms with Crippen molar-refractivity contribution in [3.05, 3.63) is 18.2 Å². The Morgan fingerprint density at radius 3 is 2.63 bits per heavy atom. The van der Waals surface area contributed by atoms with Gasteiger partial charge in [0.1, 0.15) is 0 Å². The van der Waals surface area contributed by atoms with Crippen LogP contribution < -0.4 is 16.2 Å². The first-order valence-electron chi connectivity index (χ1n) is 6.52. The molecule has 0 heterocycles. The Kier molecular flexibility index (Phi) is 4.01. The number of hydrogen-bond donors (Lipinski definition) is 3. The maximum Gasteiger partial charge on any atom is 0.238 e. The van der Waals surface area contributed by atoms with Gasteiger partial charge < -0.3 is 11.1 Å². The van der Waals surface area contributed by atoms with E-state index in [4.69, 9.17) is 10.9 Å². The van der Waals surface area contributed by atoms with Crippen molar-refractivity contribution in [2.75, 3.05) is 17.6 Å². The third kappa shape index (κ3) is 3.61. The second kappa shape index (κ2) is 5.38. The van der Waals surface area contributed by atoms with Crippen molar-refractivity contribution in [2.24, 2.45) is 17.0 Å². The van der Waals surface area contributed by atoms with Crippen molar-refractivity contribution in [2.45, 2.75) is 31.1 Å². The number of anilines is 2. The molecule has 2 rings (SSSR count). The van der Waals surface area contributed by atoms with Gasteiger partial charge in [-0.25, -0.2) is 13.6 Å². The summed E-state index contributed by atoms with van der Waals surface area (Å²) < 4.78 is 22.4. The average molecular weight is 283 g/mol. The number of nitrogens with two attached hydrogens (primary N) is 2. The van der Waals surface area contributed by atoms with Crippen LogP contribution in [0.4, 0.5) is 11.4 Å². The predicted molar refractivity (Wildman–Crippen MR) is 77.2 cm³/mol. The third-order valence-corrected chi connectivity index (χ3v) is 4.65. The molecule has 1 saturated carbocycles. The molecule has 19 heavy (non-hydrogen) atoms. The van der Waals surface area contributed by atoms with E-state index in [1.165, 1.54) is 31.4 Å². The van der Waals surface area contributed by atoms with Crippen LogP contribution in [-0.4, -0.2) is 15.0 Å². The van der Waals surface area contributed by atoms with E-state index in [0.29, 0.717) is 11.6 Å². The van der Waals surface area contributed by atoms with Crippen LogP contribution in [0.15, 0.2) is 23.1 Å². The second-order valence-electron chi connectivity index (χ2n) is 5.46. The molecule has 1 aliphatic rings. The van der Waals surface area contributed by atoms with Crippen LogP contribution in [0.2, 0.25) is 0 Å². The monoisotopic (exact) mass is 283 g/mol. The van der Waals surface area contributed by atoms with Crippen molar-refractivity contribution < 1.29 is 8.42 Å². The third-order valence-electron chi connectivity index (χ3n) is 3.74. The molecule has 2 atom stereocenters. The van der Waals surface area contributed by atoms with E-state index < -0.39 is 10.0 Å². The van der Waals surface area contributed by atoms with Gasteiger partial charge in [0.05, 0.1) is 16.3 Å². The maximum absolute atomic E-state index is 11.2. The summed E-state index contributed by atoms with van der Waals surface area (Å²) in [5, 5.41) is 8.35. The lowest BCUT2D eigenvalue weighted by Gasteiger charge is -2.14. The number of rotatable bonds is 4. The minimum absolute atomic E-state index is 0.0463. The molecule has 1 fully saturated rings. The number of benzene rings is 1. The first-order valence-corrected chi connectivity index (χ1v) is 8.07. The zero-order chi connectivity index (χ0) is 14.0. The van der Waals surface area contributed by atoms with Crippen LogP contribution in [0, 0.1) is 11.8 Å². The first kappa shape index (κ1) is 14.1.